The number of hydrogen-bond acceptors (Lipinski definition) is 2. The van der Waals surface area contributed by atoms with Crippen LogP contribution < -0.4 is 5.32 Å². The van der Waals surface area contributed by atoms with Crippen LogP contribution in [0, 0.1) is 0 Å². The normalized spacial score (nSPS) is 31.1. The second-order valence-electron chi connectivity index (χ2n) is 5.33. The average molecular weight is 198 g/mol. The minimum Gasteiger partial charge on any atom is -0.312 e. The summed E-state index contributed by atoms with van der Waals surface area (Å²) in [5, 5.41) is 3.60. The Morgan fingerprint density at radius 2 is 2.14 bits per heavy atom. The fourth-order valence-corrected chi connectivity index (χ4v) is 2.30. The van der Waals surface area contributed by atoms with E-state index in [1.807, 2.05) is 0 Å². The summed E-state index contributed by atoms with van der Waals surface area (Å²) in [5.74, 6) is 0. The lowest BCUT2D eigenvalue weighted by Gasteiger charge is -2.41. The van der Waals surface area contributed by atoms with Gasteiger partial charge in [0.1, 0.15) is 0 Å². The van der Waals surface area contributed by atoms with Crippen LogP contribution in [0.25, 0.3) is 0 Å². The van der Waals surface area contributed by atoms with Crippen molar-refractivity contribution in [1.82, 2.24) is 10.2 Å². The van der Waals surface area contributed by atoms with Crippen molar-refractivity contribution in [2.75, 3.05) is 13.1 Å². The molecule has 1 aliphatic heterocycles. The van der Waals surface area contributed by atoms with Gasteiger partial charge in [0.15, 0.2) is 0 Å². The molecule has 0 aromatic rings. The van der Waals surface area contributed by atoms with E-state index in [0.29, 0.717) is 17.6 Å². The molecular formula is C12H26N2. The van der Waals surface area contributed by atoms with E-state index in [-0.39, 0.29) is 0 Å². The summed E-state index contributed by atoms with van der Waals surface area (Å²) in [6, 6.07) is 1.38. The second-order valence-corrected chi connectivity index (χ2v) is 5.33. The zero-order valence-corrected chi connectivity index (χ0v) is 10.4. The summed E-state index contributed by atoms with van der Waals surface area (Å²) in [4.78, 5) is 2.66. The largest absolute Gasteiger partial charge is 0.312 e. The number of hydrogen-bond donors (Lipinski definition) is 1. The van der Waals surface area contributed by atoms with Gasteiger partial charge in [-0.2, -0.15) is 0 Å². The second kappa shape index (κ2) is 4.63. The molecule has 1 heterocycles. The predicted molar refractivity (Wildman–Crippen MR) is 62.6 cm³/mol. The molecule has 1 N–H and O–H groups in total. The summed E-state index contributed by atoms with van der Waals surface area (Å²) in [5.41, 5.74) is 0.306. The van der Waals surface area contributed by atoms with Crippen molar-refractivity contribution in [2.24, 2.45) is 0 Å². The van der Waals surface area contributed by atoms with Crippen LogP contribution in [0.2, 0.25) is 0 Å². The summed E-state index contributed by atoms with van der Waals surface area (Å²) in [6.45, 7) is 14.0. The minimum absolute atomic E-state index is 0.306. The number of rotatable bonds is 2. The van der Waals surface area contributed by atoms with Crippen molar-refractivity contribution in [3.05, 3.63) is 0 Å². The molecule has 0 bridgehead atoms. The molecular weight excluding hydrogens is 172 g/mol. The van der Waals surface area contributed by atoms with Crippen molar-refractivity contribution < 1.29 is 0 Å². The zero-order chi connectivity index (χ0) is 10.8. The highest BCUT2D eigenvalue weighted by molar-refractivity contribution is 4.90. The molecule has 1 saturated heterocycles. The standard InChI is InChI=1S/C12H26N2/c1-6-11(3)14-8-7-10(2)13-9-12(14,4)5/h10-11,13H,6-9H2,1-5H3. The topological polar surface area (TPSA) is 15.3 Å². The smallest absolute Gasteiger partial charge is 0.0280 e. The van der Waals surface area contributed by atoms with Crippen LogP contribution in [0.15, 0.2) is 0 Å². The summed E-state index contributed by atoms with van der Waals surface area (Å²) in [7, 11) is 0. The highest BCUT2D eigenvalue weighted by Crippen LogP contribution is 2.22. The van der Waals surface area contributed by atoms with Crippen LogP contribution in [-0.2, 0) is 0 Å². The highest BCUT2D eigenvalue weighted by atomic mass is 15.2. The Bertz CT molecular complexity index is 177. The molecule has 2 nitrogen and oxygen atoms in total. The van der Waals surface area contributed by atoms with Gasteiger partial charge in [0.05, 0.1) is 0 Å². The van der Waals surface area contributed by atoms with Gasteiger partial charge in [0, 0.05) is 30.7 Å². The molecule has 0 aromatic heterocycles. The summed E-state index contributed by atoms with van der Waals surface area (Å²) < 4.78 is 0. The number of nitrogens with one attached hydrogen (secondary N) is 1. The van der Waals surface area contributed by atoms with Crippen molar-refractivity contribution in [1.29, 1.82) is 0 Å². The van der Waals surface area contributed by atoms with Crippen LogP contribution in [0.5, 0.6) is 0 Å². The van der Waals surface area contributed by atoms with Gasteiger partial charge in [-0.25, -0.2) is 0 Å². The zero-order valence-electron chi connectivity index (χ0n) is 10.4. The van der Waals surface area contributed by atoms with Gasteiger partial charge < -0.3 is 5.32 Å². The Hall–Kier alpha value is -0.0800. The minimum atomic E-state index is 0.306. The molecule has 0 saturated carbocycles. The van der Waals surface area contributed by atoms with E-state index in [1.165, 1.54) is 19.4 Å². The van der Waals surface area contributed by atoms with Crippen LogP contribution in [0.1, 0.15) is 47.5 Å². The highest BCUT2D eigenvalue weighted by Gasteiger charge is 2.32. The van der Waals surface area contributed by atoms with E-state index < -0.39 is 0 Å². The van der Waals surface area contributed by atoms with Gasteiger partial charge in [-0.3, -0.25) is 4.90 Å². The molecule has 1 rings (SSSR count). The monoisotopic (exact) mass is 198 g/mol. The van der Waals surface area contributed by atoms with Crippen molar-refractivity contribution in [2.45, 2.75) is 65.1 Å². The fraction of sp³-hybridized carbons (Fsp3) is 1.00. The lowest BCUT2D eigenvalue weighted by molar-refractivity contribution is 0.0860. The third-order valence-corrected chi connectivity index (χ3v) is 3.59. The van der Waals surface area contributed by atoms with Gasteiger partial charge in [-0.1, -0.05) is 6.92 Å². The Balaban J connectivity index is 2.69. The van der Waals surface area contributed by atoms with Crippen LogP contribution in [-0.4, -0.2) is 35.6 Å². The third-order valence-electron chi connectivity index (χ3n) is 3.59. The molecule has 2 atom stereocenters. The van der Waals surface area contributed by atoms with Gasteiger partial charge in [0.2, 0.25) is 0 Å². The number of nitrogens with zero attached hydrogens (tertiary/aromatic N) is 1. The Morgan fingerprint density at radius 3 is 2.71 bits per heavy atom. The molecule has 1 fully saturated rings. The molecule has 1 aliphatic rings. The maximum absolute atomic E-state index is 3.60. The molecule has 0 spiro atoms. The van der Waals surface area contributed by atoms with Crippen molar-refractivity contribution in [3.63, 3.8) is 0 Å². The van der Waals surface area contributed by atoms with Gasteiger partial charge in [0.25, 0.3) is 0 Å². The molecule has 0 radical (unpaired) electrons. The molecule has 0 aliphatic carbocycles. The molecule has 0 amide bonds. The predicted octanol–water partition coefficient (Wildman–Crippen LogP) is 2.25. The first kappa shape index (κ1) is 12.0. The first-order valence-electron chi connectivity index (χ1n) is 5.97. The van der Waals surface area contributed by atoms with E-state index in [1.54, 1.807) is 0 Å². The summed E-state index contributed by atoms with van der Waals surface area (Å²) >= 11 is 0. The molecule has 2 heteroatoms. The van der Waals surface area contributed by atoms with Crippen LogP contribution in [0.3, 0.4) is 0 Å². The van der Waals surface area contributed by atoms with Crippen LogP contribution in [0.4, 0.5) is 0 Å². The van der Waals surface area contributed by atoms with E-state index in [2.05, 4.69) is 44.8 Å². The maximum Gasteiger partial charge on any atom is 0.0280 e. The van der Waals surface area contributed by atoms with Gasteiger partial charge in [-0.15, -0.1) is 0 Å². The molecule has 84 valence electrons. The van der Waals surface area contributed by atoms with Crippen molar-refractivity contribution in [3.8, 4) is 0 Å². The lowest BCUT2D eigenvalue weighted by Crippen LogP contribution is -2.52. The Morgan fingerprint density at radius 1 is 1.50 bits per heavy atom. The Labute approximate surface area is 89.1 Å². The lowest BCUT2D eigenvalue weighted by atomic mass is 10.00. The maximum atomic E-state index is 3.60. The van der Waals surface area contributed by atoms with E-state index in [0.717, 1.165) is 6.54 Å². The third kappa shape index (κ3) is 2.71. The van der Waals surface area contributed by atoms with Crippen LogP contribution >= 0.6 is 0 Å². The van der Waals surface area contributed by atoms with E-state index >= 15 is 0 Å². The van der Waals surface area contributed by atoms with Gasteiger partial charge >= 0.3 is 0 Å². The fourth-order valence-electron chi connectivity index (χ4n) is 2.30. The van der Waals surface area contributed by atoms with Crippen molar-refractivity contribution >= 4 is 0 Å². The average Bonchev–Trinajstić information content (AvgIpc) is 2.26. The molecule has 2 unspecified atom stereocenters. The van der Waals surface area contributed by atoms with E-state index in [4.69, 9.17) is 0 Å². The summed E-state index contributed by atoms with van der Waals surface area (Å²) in [6.07, 6.45) is 2.52. The quantitative estimate of drug-likeness (QED) is 0.732. The van der Waals surface area contributed by atoms with Gasteiger partial charge in [-0.05, 0) is 40.5 Å². The first-order valence-corrected chi connectivity index (χ1v) is 5.97. The molecule has 14 heavy (non-hydrogen) atoms. The van der Waals surface area contributed by atoms with E-state index in [9.17, 15) is 0 Å². The SMILES string of the molecule is CCC(C)N1CCC(C)NCC1(C)C. The Kier molecular flexibility index (Phi) is 3.96. The first-order chi connectivity index (χ1) is 6.47. The molecule has 0 aromatic carbocycles.